The van der Waals surface area contributed by atoms with Gasteiger partial charge in [0, 0.05) is 5.56 Å². The standard InChI is InChI=1S/C11H14N2O3/c1-7(14)9-3-5-10(6-4-9)16-8(2)11(15)13-12/h3-6,8H,12H2,1-2H3,(H,13,15). The minimum Gasteiger partial charge on any atom is -0.481 e. The molecule has 3 N–H and O–H groups in total. The Morgan fingerprint density at radius 1 is 1.31 bits per heavy atom. The Morgan fingerprint density at radius 2 is 1.88 bits per heavy atom. The minimum absolute atomic E-state index is 0.0145. The maximum absolute atomic E-state index is 11.1. The lowest BCUT2D eigenvalue weighted by Crippen LogP contribution is -2.40. The van der Waals surface area contributed by atoms with Gasteiger partial charge in [-0.2, -0.15) is 0 Å². The summed E-state index contributed by atoms with van der Waals surface area (Å²) in [6.45, 7) is 3.07. The zero-order chi connectivity index (χ0) is 12.1. The first-order valence-corrected chi connectivity index (χ1v) is 4.82. The van der Waals surface area contributed by atoms with E-state index in [1.165, 1.54) is 6.92 Å². The number of nitrogens with one attached hydrogen (secondary N) is 1. The van der Waals surface area contributed by atoms with Crippen LogP contribution < -0.4 is 16.0 Å². The second-order valence-electron chi connectivity index (χ2n) is 3.35. The number of carbonyl (C=O) groups is 2. The van der Waals surface area contributed by atoms with Crippen LogP contribution in [0.5, 0.6) is 5.75 Å². The first kappa shape index (κ1) is 12.2. The van der Waals surface area contributed by atoms with E-state index >= 15 is 0 Å². The van der Waals surface area contributed by atoms with E-state index in [0.29, 0.717) is 11.3 Å². The van der Waals surface area contributed by atoms with Crippen molar-refractivity contribution in [3.63, 3.8) is 0 Å². The van der Waals surface area contributed by atoms with Crippen molar-refractivity contribution in [2.24, 2.45) is 5.84 Å². The highest BCUT2D eigenvalue weighted by atomic mass is 16.5. The average Bonchev–Trinajstić information content (AvgIpc) is 2.28. The van der Waals surface area contributed by atoms with Crippen LogP contribution in [0, 0.1) is 0 Å². The fraction of sp³-hybridized carbons (Fsp3) is 0.273. The maximum atomic E-state index is 11.1. The molecular formula is C11H14N2O3. The highest BCUT2D eigenvalue weighted by molar-refractivity contribution is 5.94. The molecule has 0 aromatic heterocycles. The van der Waals surface area contributed by atoms with Crippen LogP contribution in [0.4, 0.5) is 0 Å². The van der Waals surface area contributed by atoms with Gasteiger partial charge in [0.05, 0.1) is 0 Å². The van der Waals surface area contributed by atoms with Crippen molar-refractivity contribution in [2.45, 2.75) is 20.0 Å². The van der Waals surface area contributed by atoms with Gasteiger partial charge in [-0.1, -0.05) is 0 Å². The van der Waals surface area contributed by atoms with E-state index < -0.39 is 12.0 Å². The molecule has 86 valence electrons. The van der Waals surface area contributed by atoms with Crippen molar-refractivity contribution in [3.8, 4) is 5.75 Å². The second kappa shape index (κ2) is 5.27. The van der Waals surface area contributed by atoms with Crippen molar-refractivity contribution >= 4 is 11.7 Å². The van der Waals surface area contributed by atoms with Crippen molar-refractivity contribution in [2.75, 3.05) is 0 Å². The average molecular weight is 222 g/mol. The first-order valence-electron chi connectivity index (χ1n) is 4.82. The first-order chi connectivity index (χ1) is 7.54. The number of carbonyl (C=O) groups excluding carboxylic acids is 2. The molecule has 0 aliphatic carbocycles. The molecule has 0 aliphatic heterocycles. The fourth-order valence-electron chi connectivity index (χ4n) is 1.14. The zero-order valence-electron chi connectivity index (χ0n) is 9.19. The molecule has 0 saturated carbocycles. The highest BCUT2D eigenvalue weighted by Gasteiger charge is 2.12. The van der Waals surface area contributed by atoms with Gasteiger partial charge in [-0.25, -0.2) is 5.84 Å². The van der Waals surface area contributed by atoms with Gasteiger partial charge in [0.15, 0.2) is 11.9 Å². The molecular weight excluding hydrogens is 208 g/mol. The van der Waals surface area contributed by atoms with Crippen LogP contribution in [0.3, 0.4) is 0 Å². The Kier molecular flexibility index (Phi) is 4.02. The summed E-state index contributed by atoms with van der Waals surface area (Å²) in [6, 6.07) is 6.56. The van der Waals surface area contributed by atoms with E-state index in [1.54, 1.807) is 31.2 Å². The van der Waals surface area contributed by atoms with E-state index in [1.807, 2.05) is 5.43 Å². The third kappa shape index (κ3) is 3.06. The summed E-state index contributed by atoms with van der Waals surface area (Å²) < 4.78 is 5.30. The minimum atomic E-state index is -0.673. The monoisotopic (exact) mass is 222 g/mol. The molecule has 1 atom stereocenters. The molecule has 1 unspecified atom stereocenters. The molecule has 0 fully saturated rings. The fourth-order valence-corrected chi connectivity index (χ4v) is 1.14. The van der Waals surface area contributed by atoms with Gasteiger partial charge in [0.1, 0.15) is 5.75 Å². The summed E-state index contributed by atoms with van der Waals surface area (Å²) in [6.07, 6.45) is -0.673. The third-order valence-electron chi connectivity index (χ3n) is 2.09. The highest BCUT2D eigenvalue weighted by Crippen LogP contribution is 2.14. The Morgan fingerprint density at radius 3 is 2.31 bits per heavy atom. The number of nitrogens with two attached hydrogens (primary N) is 1. The van der Waals surface area contributed by atoms with Crippen LogP contribution >= 0.6 is 0 Å². The SMILES string of the molecule is CC(=O)c1ccc(OC(C)C(=O)NN)cc1. The van der Waals surface area contributed by atoms with Gasteiger partial charge in [-0.05, 0) is 38.1 Å². The van der Waals surface area contributed by atoms with Crippen molar-refractivity contribution in [3.05, 3.63) is 29.8 Å². The van der Waals surface area contributed by atoms with Crippen molar-refractivity contribution in [1.82, 2.24) is 5.43 Å². The predicted molar refractivity (Wildman–Crippen MR) is 58.9 cm³/mol. The van der Waals surface area contributed by atoms with Crippen molar-refractivity contribution < 1.29 is 14.3 Å². The number of Topliss-reactive ketones (excluding diaryl/α,β-unsaturated/α-hetero) is 1. The predicted octanol–water partition coefficient (Wildman–Crippen LogP) is 0.646. The number of hydrogen-bond donors (Lipinski definition) is 2. The molecule has 0 radical (unpaired) electrons. The van der Waals surface area contributed by atoms with Crippen LogP contribution in [0.1, 0.15) is 24.2 Å². The summed E-state index contributed by atoms with van der Waals surface area (Å²) >= 11 is 0. The van der Waals surface area contributed by atoms with E-state index in [2.05, 4.69) is 0 Å². The molecule has 0 heterocycles. The van der Waals surface area contributed by atoms with Crippen LogP contribution in [0.25, 0.3) is 0 Å². The topological polar surface area (TPSA) is 81.4 Å². The molecule has 1 rings (SSSR count). The van der Waals surface area contributed by atoms with Crippen molar-refractivity contribution in [1.29, 1.82) is 0 Å². The number of rotatable bonds is 4. The Labute approximate surface area is 93.6 Å². The number of hydrogen-bond acceptors (Lipinski definition) is 4. The van der Waals surface area contributed by atoms with E-state index in [-0.39, 0.29) is 5.78 Å². The summed E-state index contributed by atoms with van der Waals surface area (Å²) in [5.41, 5.74) is 2.60. The van der Waals surface area contributed by atoms with Crippen LogP contribution in [-0.4, -0.2) is 17.8 Å². The molecule has 1 aromatic rings. The quantitative estimate of drug-likeness (QED) is 0.339. The normalized spacial score (nSPS) is 11.7. The van der Waals surface area contributed by atoms with Crippen LogP contribution in [0.2, 0.25) is 0 Å². The number of ether oxygens (including phenoxy) is 1. The van der Waals surface area contributed by atoms with Gasteiger partial charge in [-0.15, -0.1) is 0 Å². The Hall–Kier alpha value is -1.88. The smallest absolute Gasteiger partial charge is 0.274 e. The maximum Gasteiger partial charge on any atom is 0.274 e. The summed E-state index contributed by atoms with van der Waals surface area (Å²) in [5.74, 6) is 5.06. The summed E-state index contributed by atoms with van der Waals surface area (Å²) in [5, 5.41) is 0. The Balaban J connectivity index is 2.68. The van der Waals surface area contributed by atoms with Gasteiger partial charge in [0.2, 0.25) is 0 Å². The summed E-state index contributed by atoms with van der Waals surface area (Å²) in [4.78, 5) is 22.1. The van der Waals surface area contributed by atoms with Gasteiger partial charge >= 0.3 is 0 Å². The molecule has 1 aromatic carbocycles. The third-order valence-corrected chi connectivity index (χ3v) is 2.09. The molecule has 5 nitrogen and oxygen atoms in total. The van der Waals surface area contributed by atoms with Gasteiger partial charge < -0.3 is 4.74 Å². The van der Waals surface area contributed by atoms with E-state index in [0.717, 1.165) is 0 Å². The van der Waals surface area contributed by atoms with Gasteiger partial charge in [0.25, 0.3) is 5.91 Å². The molecule has 5 heteroatoms. The van der Waals surface area contributed by atoms with E-state index in [9.17, 15) is 9.59 Å². The number of ketones is 1. The largest absolute Gasteiger partial charge is 0.481 e. The Bertz CT molecular complexity index is 387. The number of benzene rings is 1. The van der Waals surface area contributed by atoms with Gasteiger partial charge in [-0.3, -0.25) is 15.0 Å². The lowest BCUT2D eigenvalue weighted by molar-refractivity contribution is -0.127. The summed E-state index contributed by atoms with van der Waals surface area (Å²) in [7, 11) is 0. The molecule has 0 bridgehead atoms. The molecule has 0 spiro atoms. The lowest BCUT2D eigenvalue weighted by atomic mass is 10.1. The molecule has 16 heavy (non-hydrogen) atoms. The molecule has 0 saturated heterocycles. The molecule has 1 amide bonds. The number of hydrazine groups is 1. The lowest BCUT2D eigenvalue weighted by Gasteiger charge is -2.12. The molecule has 0 aliphatic rings. The van der Waals surface area contributed by atoms with E-state index in [4.69, 9.17) is 10.6 Å². The second-order valence-corrected chi connectivity index (χ2v) is 3.35. The zero-order valence-corrected chi connectivity index (χ0v) is 9.19. The number of amides is 1. The van der Waals surface area contributed by atoms with Crippen LogP contribution in [-0.2, 0) is 4.79 Å². The van der Waals surface area contributed by atoms with Crippen LogP contribution in [0.15, 0.2) is 24.3 Å².